The molecule has 1 aromatic carbocycles. The molecule has 1 saturated heterocycles. The Hall–Kier alpha value is -2.17. The lowest BCUT2D eigenvalue weighted by molar-refractivity contribution is 0.122. The molecule has 30 heavy (non-hydrogen) atoms. The number of nitrogens with one attached hydrogen (secondary N) is 3. The largest absolute Gasteiger partial charge is 0.378 e. The summed E-state index contributed by atoms with van der Waals surface area (Å²) in [6.45, 7) is 4.27. The molecule has 0 unspecified atom stereocenters. The van der Waals surface area contributed by atoms with Gasteiger partial charge in [-0.3, -0.25) is 5.10 Å². The number of ether oxygens (including phenoxy) is 1. The van der Waals surface area contributed by atoms with E-state index in [1.807, 2.05) is 18.0 Å². The number of thioether (sulfide) groups is 2. The lowest BCUT2D eigenvalue weighted by Gasteiger charge is -2.28. The van der Waals surface area contributed by atoms with Crippen molar-refractivity contribution in [1.82, 2.24) is 20.2 Å². The lowest BCUT2D eigenvalue weighted by atomic mass is 10.2. The average Bonchev–Trinajstić information content (AvgIpc) is 3.21. The Balaban J connectivity index is 1.53. The first-order chi connectivity index (χ1) is 14.8. The monoisotopic (exact) mass is 445 g/mol. The summed E-state index contributed by atoms with van der Waals surface area (Å²) in [6, 6.07) is 8.36. The number of benzene rings is 1. The van der Waals surface area contributed by atoms with E-state index in [0.717, 1.165) is 72.6 Å². The maximum atomic E-state index is 5.43. The molecule has 0 saturated carbocycles. The maximum absolute atomic E-state index is 5.43. The van der Waals surface area contributed by atoms with E-state index in [4.69, 9.17) is 9.72 Å². The van der Waals surface area contributed by atoms with Gasteiger partial charge in [0.25, 0.3) is 0 Å². The Morgan fingerprint density at radius 1 is 1.13 bits per heavy atom. The molecular formula is C20H27N7OS2. The van der Waals surface area contributed by atoms with Gasteiger partial charge in [-0.1, -0.05) is 0 Å². The first-order valence-corrected chi connectivity index (χ1v) is 12.6. The summed E-state index contributed by atoms with van der Waals surface area (Å²) in [5, 5.41) is 16.1. The van der Waals surface area contributed by atoms with Crippen LogP contribution in [0.2, 0.25) is 0 Å². The molecule has 1 aliphatic rings. The Labute approximate surface area is 185 Å². The molecule has 1 aliphatic heterocycles. The van der Waals surface area contributed by atoms with Crippen LogP contribution >= 0.6 is 23.5 Å². The van der Waals surface area contributed by atoms with Crippen LogP contribution in [0.3, 0.4) is 0 Å². The normalized spacial score (nSPS) is 14.3. The molecule has 0 bridgehead atoms. The summed E-state index contributed by atoms with van der Waals surface area (Å²) in [5.41, 5.74) is 2.88. The third-order valence-electron chi connectivity index (χ3n) is 4.90. The number of anilines is 4. The highest BCUT2D eigenvalue weighted by Gasteiger charge is 2.15. The molecule has 0 spiro atoms. The van der Waals surface area contributed by atoms with Gasteiger partial charge in [0.05, 0.1) is 18.6 Å². The van der Waals surface area contributed by atoms with Crippen molar-refractivity contribution in [2.45, 2.75) is 11.4 Å². The van der Waals surface area contributed by atoms with Crippen molar-refractivity contribution in [3.05, 3.63) is 24.3 Å². The van der Waals surface area contributed by atoms with Crippen LogP contribution in [0.4, 0.5) is 23.1 Å². The van der Waals surface area contributed by atoms with Crippen LogP contribution in [0.25, 0.3) is 11.0 Å². The van der Waals surface area contributed by atoms with Crippen LogP contribution in [0, 0.1) is 0 Å². The number of H-pyrrole nitrogens is 1. The summed E-state index contributed by atoms with van der Waals surface area (Å²) in [6.07, 6.45) is 5.21. The zero-order valence-electron chi connectivity index (χ0n) is 17.3. The van der Waals surface area contributed by atoms with Crippen LogP contribution < -0.4 is 15.5 Å². The second kappa shape index (κ2) is 10.2. The van der Waals surface area contributed by atoms with E-state index in [-0.39, 0.29) is 0 Å². The third kappa shape index (κ3) is 4.93. The Morgan fingerprint density at radius 2 is 1.93 bits per heavy atom. The van der Waals surface area contributed by atoms with Crippen LogP contribution in [-0.4, -0.2) is 71.3 Å². The van der Waals surface area contributed by atoms with Crippen molar-refractivity contribution in [2.24, 2.45) is 0 Å². The van der Waals surface area contributed by atoms with Crippen LogP contribution in [0.1, 0.15) is 6.42 Å². The maximum Gasteiger partial charge on any atom is 0.231 e. The second-order valence-electron chi connectivity index (χ2n) is 6.90. The molecule has 8 nitrogen and oxygen atoms in total. The summed E-state index contributed by atoms with van der Waals surface area (Å²) < 4.78 is 5.43. The number of fused-ring (bicyclic) bond motifs is 1. The fourth-order valence-corrected chi connectivity index (χ4v) is 4.33. The highest BCUT2D eigenvalue weighted by atomic mass is 32.2. The number of nitrogens with zero attached hydrogens (tertiary/aromatic N) is 4. The molecule has 3 heterocycles. The van der Waals surface area contributed by atoms with E-state index in [2.05, 4.69) is 61.2 Å². The number of aromatic nitrogens is 4. The molecule has 0 aliphatic carbocycles. The highest BCUT2D eigenvalue weighted by molar-refractivity contribution is 7.98. The standard InChI is InChI=1S/C20H27N7OS2/c1-29-13-3-8-21-17-16-18(25-26-19(16)30-2)24-20(23-17)22-14-4-6-15(7-5-14)27-9-11-28-12-10-27/h4-7H,3,8-13H2,1-2H3,(H3,21,22,23,24,25,26). The van der Waals surface area contributed by atoms with E-state index in [9.17, 15) is 0 Å². The Bertz CT molecular complexity index is 958. The van der Waals surface area contributed by atoms with Crippen LogP contribution in [0.15, 0.2) is 29.3 Å². The minimum atomic E-state index is 0.547. The van der Waals surface area contributed by atoms with Crippen molar-refractivity contribution in [1.29, 1.82) is 0 Å². The van der Waals surface area contributed by atoms with Gasteiger partial charge in [0.2, 0.25) is 5.95 Å². The SMILES string of the molecule is CSCCCNc1nc(Nc2ccc(N3CCOCC3)cc2)nc2[nH]nc(SC)c12. The van der Waals surface area contributed by atoms with Crippen molar-refractivity contribution in [3.8, 4) is 0 Å². The topological polar surface area (TPSA) is 91.0 Å². The number of hydrogen-bond donors (Lipinski definition) is 3. The predicted molar refractivity (Wildman–Crippen MR) is 128 cm³/mol. The van der Waals surface area contributed by atoms with E-state index in [1.54, 1.807) is 11.8 Å². The average molecular weight is 446 g/mol. The molecule has 160 valence electrons. The van der Waals surface area contributed by atoms with Gasteiger partial charge in [0.1, 0.15) is 10.8 Å². The minimum absolute atomic E-state index is 0.547. The van der Waals surface area contributed by atoms with Gasteiger partial charge in [-0.15, -0.1) is 11.8 Å². The van der Waals surface area contributed by atoms with Crippen molar-refractivity contribution in [2.75, 3.05) is 66.6 Å². The van der Waals surface area contributed by atoms with E-state index < -0.39 is 0 Å². The number of aromatic amines is 1. The van der Waals surface area contributed by atoms with E-state index in [1.165, 1.54) is 5.69 Å². The zero-order valence-corrected chi connectivity index (χ0v) is 18.9. The van der Waals surface area contributed by atoms with Gasteiger partial charge in [-0.2, -0.15) is 26.8 Å². The quantitative estimate of drug-likeness (QED) is 0.336. The van der Waals surface area contributed by atoms with Crippen molar-refractivity contribution in [3.63, 3.8) is 0 Å². The summed E-state index contributed by atoms with van der Waals surface area (Å²) >= 11 is 3.44. The molecule has 4 rings (SSSR count). The zero-order chi connectivity index (χ0) is 20.8. The number of hydrogen-bond acceptors (Lipinski definition) is 9. The van der Waals surface area contributed by atoms with Gasteiger partial charge in [0, 0.05) is 31.0 Å². The van der Waals surface area contributed by atoms with Gasteiger partial charge < -0.3 is 20.3 Å². The fourth-order valence-electron chi connectivity index (χ4n) is 3.36. The van der Waals surface area contributed by atoms with Crippen molar-refractivity contribution < 1.29 is 4.74 Å². The van der Waals surface area contributed by atoms with Gasteiger partial charge in [0.15, 0.2) is 5.65 Å². The number of rotatable bonds is 9. The third-order valence-corrected chi connectivity index (χ3v) is 6.28. The highest BCUT2D eigenvalue weighted by Crippen LogP contribution is 2.30. The van der Waals surface area contributed by atoms with Gasteiger partial charge in [-0.05, 0) is 49.0 Å². The number of morpholine rings is 1. The molecular weight excluding hydrogens is 418 g/mol. The lowest BCUT2D eigenvalue weighted by Crippen LogP contribution is -2.36. The predicted octanol–water partition coefficient (Wildman–Crippen LogP) is 3.82. The molecule has 0 radical (unpaired) electrons. The summed E-state index contributed by atoms with van der Waals surface area (Å²) in [7, 11) is 0. The van der Waals surface area contributed by atoms with E-state index in [0.29, 0.717) is 5.95 Å². The molecule has 0 amide bonds. The van der Waals surface area contributed by atoms with Gasteiger partial charge in [-0.25, -0.2) is 0 Å². The smallest absolute Gasteiger partial charge is 0.231 e. The van der Waals surface area contributed by atoms with E-state index >= 15 is 0 Å². The first-order valence-electron chi connectivity index (χ1n) is 10.0. The van der Waals surface area contributed by atoms with Gasteiger partial charge >= 0.3 is 0 Å². The van der Waals surface area contributed by atoms with Crippen LogP contribution in [0.5, 0.6) is 0 Å². The van der Waals surface area contributed by atoms with Crippen molar-refractivity contribution >= 4 is 57.7 Å². The Morgan fingerprint density at radius 3 is 2.67 bits per heavy atom. The molecule has 2 aromatic heterocycles. The summed E-state index contributed by atoms with van der Waals surface area (Å²) in [4.78, 5) is 11.7. The molecule has 1 fully saturated rings. The second-order valence-corrected chi connectivity index (χ2v) is 8.68. The fraction of sp³-hybridized carbons (Fsp3) is 0.450. The molecule has 3 N–H and O–H groups in total. The molecule has 10 heteroatoms. The molecule has 0 atom stereocenters. The first kappa shape index (κ1) is 21.1. The molecule has 3 aromatic rings. The Kier molecular flexibility index (Phi) is 7.19. The minimum Gasteiger partial charge on any atom is -0.378 e. The summed E-state index contributed by atoms with van der Waals surface area (Å²) in [5.74, 6) is 2.47. The van der Waals surface area contributed by atoms with Crippen LogP contribution in [-0.2, 0) is 4.74 Å².